The van der Waals surface area contributed by atoms with E-state index in [0.717, 1.165) is 37.1 Å². The quantitative estimate of drug-likeness (QED) is 0.595. The molecule has 0 spiro atoms. The Labute approximate surface area is 158 Å². The van der Waals surface area contributed by atoms with Crippen molar-refractivity contribution in [3.05, 3.63) is 34.1 Å². The molecule has 0 aliphatic carbocycles. The van der Waals surface area contributed by atoms with Crippen LogP contribution in [-0.2, 0) is 6.54 Å². The van der Waals surface area contributed by atoms with Crippen LogP contribution in [0.5, 0.6) is 0 Å². The molecule has 0 saturated carbocycles. The van der Waals surface area contributed by atoms with Crippen molar-refractivity contribution < 1.29 is 4.39 Å². The summed E-state index contributed by atoms with van der Waals surface area (Å²) >= 11 is 3.20. The number of rotatable bonds is 5. The summed E-state index contributed by atoms with van der Waals surface area (Å²) in [5, 5.41) is 3.39. The standard InChI is InChI=1S/C19H28BrFN4/c1-2-22-19(23-12-15-5-6-17(20)18(21)11-15)25-10-7-16(14-25)13-24-8-3-4-9-24/h5-6,11,16H,2-4,7-10,12-14H2,1H3,(H,22,23). The highest BCUT2D eigenvalue weighted by Gasteiger charge is 2.27. The average molecular weight is 411 g/mol. The van der Waals surface area contributed by atoms with Gasteiger partial charge in [-0.3, -0.25) is 0 Å². The molecule has 6 heteroatoms. The molecule has 1 unspecified atom stereocenters. The molecular weight excluding hydrogens is 383 g/mol. The second-order valence-corrected chi connectivity index (χ2v) is 7.88. The zero-order valence-corrected chi connectivity index (χ0v) is 16.6. The highest BCUT2D eigenvalue weighted by atomic mass is 79.9. The summed E-state index contributed by atoms with van der Waals surface area (Å²) in [6.45, 7) is 9.30. The minimum absolute atomic E-state index is 0.232. The van der Waals surface area contributed by atoms with E-state index in [0.29, 0.717) is 11.0 Å². The second-order valence-electron chi connectivity index (χ2n) is 7.03. The summed E-state index contributed by atoms with van der Waals surface area (Å²) < 4.78 is 14.2. The fraction of sp³-hybridized carbons (Fsp3) is 0.632. The Kier molecular flexibility index (Phi) is 6.70. The lowest BCUT2D eigenvalue weighted by atomic mass is 10.1. The van der Waals surface area contributed by atoms with Crippen LogP contribution in [0.2, 0.25) is 0 Å². The lowest BCUT2D eigenvalue weighted by Gasteiger charge is -2.23. The molecule has 138 valence electrons. The first kappa shape index (κ1) is 18.6. The highest BCUT2D eigenvalue weighted by Crippen LogP contribution is 2.21. The fourth-order valence-electron chi connectivity index (χ4n) is 3.73. The number of likely N-dealkylation sites (tertiary alicyclic amines) is 2. The van der Waals surface area contributed by atoms with Crippen LogP contribution in [0.15, 0.2) is 27.7 Å². The Bertz CT molecular complexity index is 601. The van der Waals surface area contributed by atoms with Gasteiger partial charge in [-0.15, -0.1) is 0 Å². The number of nitrogens with one attached hydrogen (secondary N) is 1. The first-order valence-electron chi connectivity index (χ1n) is 9.35. The van der Waals surface area contributed by atoms with Gasteiger partial charge in [0.05, 0.1) is 11.0 Å². The molecule has 1 N–H and O–H groups in total. The van der Waals surface area contributed by atoms with Crippen LogP contribution in [0.4, 0.5) is 4.39 Å². The van der Waals surface area contributed by atoms with Gasteiger partial charge in [-0.1, -0.05) is 6.07 Å². The van der Waals surface area contributed by atoms with Gasteiger partial charge in [0, 0.05) is 26.2 Å². The summed E-state index contributed by atoms with van der Waals surface area (Å²) in [4.78, 5) is 9.70. The summed E-state index contributed by atoms with van der Waals surface area (Å²) in [6.07, 6.45) is 3.93. The van der Waals surface area contributed by atoms with E-state index in [1.54, 1.807) is 12.1 Å². The molecular formula is C19H28BrFN4. The van der Waals surface area contributed by atoms with Crippen molar-refractivity contribution in [2.24, 2.45) is 10.9 Å². The van der Waals surface area contributed by atoms with E-state index in [-0.39, 0.29) is 5.82 Å². The van der Waals surface area contributed by atoms with Crippen LogP contribution in [0.3, 0.4) is 0 Å². The van der Waals surface area contributed by atoms with Gasteiger partial charge in [-0.25, -0.2) is 9.38 Å². The third-order valence-electron chi connectivity index (χ3n) is 5.03. The van der Waals surface area contributed by atoms with Gasteiger partial charge in [0.1, 0.15) is 5.82 Å². The van der Waals surface area contributed by atoms with E-state index < -0.39 is 0 Å². The van der Waals surface area contributed by atoms with Gasteiger partial charge in [0.2, 0.25) is 0 Å². The Balaban J connectivity index is 1.59. The minimum Gasteiger partial charge on any atom is -0.357 e. The molecule has 0 amide bonds. The Morgan fingerprint density at radius 2 is 2.12 bits per heavy atom. The molecule has 3 rings (SSSR count). The monoisotopic (exact) mass is 410 g/mol. The molecule has 2 aliphatic rings. The zero-order valence-electron chi connectivity index (χ0n) is 15.0. The van der Waals surface area contributed by atoms with Crippen molar-refractivity contribution >= 4 is 21.9 Å². The van der Waals surface area contributed by atoms with E-state index >= 15 is 0 Å². The first-order chi connectivity index (χ1) is 12.2. The summed E-state index contributed by atoms with van der Waals surface area (Å²) in [5.74, 6) is 1.45. The molecule has 4 nitrogen and oxygen atoms in total. The molecule has 25 heavy (non-hydrogen) atoms. The lowest BCUT2D eigenvalue weighted by Crippen LogP contribution is -2.40. The molecule has 0 bridgehead atoms. The molecule has 1 atom stereocenters. The van der Waals surface area contributed by atoms with Crippen LogP contribution in [-0.4, -0.2) is 55.0 Å². The topological polar surface area (TPSA) is 30.9 Å². The Hall–Kier alpha value is -1.14. The van der Waals surface area contributed by atoms with Gasteiger partial charge in [-0.05, 0) is 78.8 Å². The Morgan fingerprint density at radius 3 is 2.84 bits per heavy atom. The van der Waals surface area contributed by atoms with Gasteiger partial charge < -0.3 is 15.1 Å². The Morgan fingerprint density at radius 1 is 1.32 bits per heavy atom. The van der Waals surface area contributed by atoms with Crippen molar-refractivity contribution in [2.75, 3.05) is 39.3 Å². The van der Waals surface area contributed by atoms with Crippen LogP contribution in [0, 0.1) is 11.7 Å². The first-order valence-corrected chi connectivity index (χ1v) is 10.1. The number of nitrogens with zero attached hydrogens (tertiary/aromatic N) is 3. The highest BCUT2D eigenvalue weighted by molar-refractivity contribution is 9.10. The predicted octanol–water partition coefficient (Wildman–Crippen LogP) is 3.47. The largest absolute Gasteiger partial charge is 0.357 e. The van der Waals surface area contributed by atoms with Gasteiger partial charge >= 0.3 is 0 Å². The molecule has 1 aromatic rings. The predicted molar refractivity (Wildman–Crippen MR) is 104 cm³/mol. The second kappa shape index (κ2) is 8.99. The number of hydrogen-bond acceptors (Lipinski definition) is 2. The number of aliphatic imine (C=N–C) groups is 1. The lowest BCUT2D eigenvalue weighted by molar-refractivity contribution is 0.281. The summed E-state index contributed by atoms with van der Waals surface area (Å²) in [7, 11) is 0. The van der Waals surface area contributed by atoms with E-state index in [4.69, 9.17) is 4.99 Å². The fourth-order valence-corrected chi connectivity index (χ4v) is 3.98. The van der Waals surface area contributed by atoms with E-state index in [1.807, 2.05) is 6.07 Å². The number of guanidine groups is 1. The number of halogens is 2. The molecule has 2 heterocycles. The van der Waals surface area contributed by atoms with Crippen LogP contribution >= 0.6 is 15.9 Å². The molecule has 0 aromatic heterocycles. The number of hydrogen-bond donors (Lipinski definition) is 1. The van der Waals surface area contributed by atoms with Crippen molar-refractivity contribution in [3.63, 3.8) is 0 Å². The third-order valence-corrected chi connectivity index (χ3v) is 5.67. The van der Waals surface area contributed by atoms with E-state index in [9.17, 15) is 4.39 Å². The molecule has 2 aliphatic heterocycles. The molecule has 2 fully saturated rings. The van der Waals surface area contributed by atoms with Crippen molar-refractivity contribution in [1.29, 1.82) is 0 Å². The van der Waals surface area contributed by atoms with Crippen molar-refractivity contribution in [2.45, 2.75) is 32.7 Å². The maximum absolute atomic E-state index is 13.7. The van der Waals surface area contributed by atoms with Crippen molar-refractivity contribution in [1.82, 2.24) is 15.1 Å². The van der Waals surface area contributed by atoms with Crippen LogP contribution in [0.25, 0.3) is 0 Å². The van der Waals surface area contributed by atoms with Crippen LogP contribution < -0.4 is 5.32 Å². The minimum atomic E-state index is -0.232. The zero-order chi connectivity index (χ0) is 17.6. The maximum Gasteiger partial charge on any atom is 0.194 e. The maximum atomic E-state index is 13.7. The summed E-state index contributed by atoms with van der Waals surface area (Å²) in [6, 6.07) is 5.22. The normalized spacial score (nSPS) is 22.0. The van der Waals surface area contributed by atoms with Gasteiger partial charge in [-0.2, -0.15) is 0 Å². The third kappa shape index (κ3) is 5.17. The van der Waals surface area contributed by atoms with Gasteiger partial charge in [0.15, 0.2) is 5.96 Å². The average Bonchev–Trinajstić information content (AvgIpc) is 3.27. The SMILES string of the molecule is CCNC(=NCc1ccc(Br)c(F)c1)N1CCC(CN2CCCC2)C1. The van der Waals surface area contributed by atoms with Crippen molar-refractivity contribution in [3.8, 4) is 0 Å². The smallest absolute Gasteiger partial charge is 0.194 e. The molecule has 0 radical (unpaired) electrons. The number of benzene rings is 1. The molecule has 2 saturated heterocycles. The molecule has 1 aromatic carbocycles. The summed E-state index contributed by atoms with van der Waals surface area (Å²) in [5.41, 5.74) is 0.893. The van der Waals surface area contributed by atoms with E-state index in [1.165, 1.54) is 38.9 Å². The van der Waals surface area contributed by atoms with E-state index in [2.05, 4.69) is 38.0 Å². The van der Waals surface area contributed by atoms with Gasteiger partial charge in [0.25, 0.3) is 0 Å². The van der Waals surface area contributed by atoms with Crippen LogP contribution in [0.1, 0.15) is 31.7 Å².